The summed E-state index contributed by atoms with van der Waals surface area (Å²) in [5, 5.41) is 6.88. The zero-order valence-electron chi connectivity index (χ0n) is 17.6. The predicted octanol–water partition coefficient (Wildman–Crippen LogP) is 2.68. The first-order valence-corrected chi connectivity index (χ1v) is 10.2. The Hall–Kier alpha value is -4.26. The van der Waals surface area contributed by atoms with Gasteiger partial charge >= 0.3 is 5.69 Å². The summed E-state index contributed by atoms with van der Waals surface area (Å²) in [4.78, 5) is 39.2. The predicted molar refractivity (Wildman–Crippen MR) is 122 cm³/mol. The lowest BCUT2D eigenvalue weighted by atomic mass is 10.2. The molecule has 160 valence electrons. The molecule has 0 bridgehead atoms. The van der Waals surface area contributed by atoms with Gasteiger partial charge < -0.3 is 5.32 Å². The Morgan fingerprint density at radius 3 is 2.19 bits per heavy atom. The average Bonchev–Trinajstić information content (AvgIpc) is 2.81. The summed E-state index contributed by atoms with van der Waals surface area (Å²) >= 11 is 0. The molecular formula is C25H22N4O3. The van der Waals surface area contributed by atoms with Gasteiger partial charge in [-0.3, -0.25) is 14.2 Å². The summed E-state index contributed by atoms with van der Waals surface area (Å²) in [5.74, 6) is -0.637. The van der Waals surface area contributed by atoms with Crippen molar-refractivity contribution in [2.24, 2.45) is 0 Å². The van der Waals surface area contributed by atoms with Crippen LogP contribution in [0.4, 0.5) is 0 Å². The first kappa shape index (κ1) is 21.0. The van der Waals surface area contributed by atoms with Crippen molar-refractivity contribution in [3.8, 4) is 5.69 Å². The third kappa shape index (κ3) is 4.57. The third-order valence-electron chi connectivity index (χ3n) is 5.00. The minimum Gasteiger partial charge on any atom is -0.346 e. The van der Waals surface area contributed by atoms with Crippen molar-refractivity contribution in [3.63, 3.8) is 0 Å². The number of aryl methyl sites for hydroxylation is 1. The number of aromatic nitrogens is 3. The van der Waals surface area contributed by atoms with Crippen molar-refractivity contribution in [1.82, 2.24) is 19.7 Å². The van der Waals surface area contributed by atoms with Gasteiger partial charge in [0.2, 0.25) is 5.69 Å². The lowest BCUT2D eigenvalue weighted by molar-refractivity contribution is 0.0941. The molecule has 0 radical (unpaired) electrons. The van der Waals surface area contributed by atoms with Crippen molar-refractivity contribution in [2.45, 2.75) is 20.0 Å². The Balaban J connectivity index is 1.78. The molecule has 0 unspecified atom stereocenters. The highest BCUT2D eigenvalue weighted by Crippen LogP contribution is 2.07. The van der Waals surface area contributed by atoms with E-state index in [4.69, 9.17) is 0 Å². The van der Waals surface area contributed by atoms with E-state index in [0.717, 1.165) is 25.9 Å². The first-order chi connectivity index (χ1) is 15.5. The molecule has 32 heavy (non-hydrogen) atoms. The Morgan fingerprint density at radius 1 is 0.875 bits per heavy atom. The van der Waals surface area contributed by atoms with Crippen LogP contribution in [-0.2, 0) is 13.1 Å². The number of carbonyl (C=O) groups excluding carboxylic acids is 1. The van der Waals surface area contributed by atoms with Gasteiger partial charge in [0.15, 0.2) is 0 Å². The molecule has 1 heterocycles. The number of benzene rings is 3. The van der Waals surface area contributed by atoms with E-state index in [2.05, 4.69) is 10.4 Å². The molecule has 7 nitrogen and oxygen atoms in total. The molecule has 0 atom stereocenters. The Morgan fingerprint density at radius 2 is 1.53 bits per heavy atom. The van der Waals surface area contributed by atoms with Crippen LogP contribution < -0.4 is 16.6 Å². The van der Waals surface area contributed by atoms with Crippen LogP contribution in [0.2, 0.25) is 0 Å². The highest BCUT2D eigenvalue weighted by molar-refractivity contribution is 5.91. The molecule has 0 aliphatic heterocycles. The van der Waals surface area contributed by atoms with Gasteiger partial charge in [0.25, 0.3) is 11.5 Å². The van der Waals surface area contributed by atoms with E-state index in [1.165, 1.54) is 0 Å². The van der Waals surface area contributed by atoms with E-state index in [-0.39, 0.29) is 18.8 Å². The monoisotopic (exact) mass is 426 g/mol. The summed E-state index contributed by atoms with van der Waals surface area (Å²) in [7, 11) is 0. The molecule has 0 saturated carbocycles. The van der Waals surface area contributed by atoms with Crippen LogP contribution in [0.1, 0.15) is 27.2 Å². The lowest BCUT2D eigenvalue weighted by Gasteiger charge is -2.13. The van der Waals surface area contributed by atoms with E-state index >= 15 is 0 Å². The molecule has 3 aromatic carbocycles. The molecular weight excluding hydrogens is 404 g/mol. The molecule has 1 amide bonds. The molecule has 0 spiro atoms. The van der Waals surface area contributed by atoms with Crippen LogP contribution >= 0.6 is 0 Å². The molecule has 0 aliphatic rings. The van der Waals surface area contributed by atoms with Gasteiger partial charge in [-0.1, -0.05) is 72.8 Å². The zero-order chi connectivity index (χ0) is 22.5. The number of amides is 1. The topological polar surface area (TPSA) is 86.0 Å². The first-order valence-electron chi connectivity index (χ1n) is 10.2. The summed E-state index contributed by atoms with van der Waals surface area (Å²) in [6, 6.07) is 25.7. The number of hydrogen-bond acceptors (Lipinski definition) is 4. The smallest absolute Gasteiger partial charge is 0.346 e. The highest BCUT2D eigenvalue weighted by atomic mass is 16.2. The third-order valence-corrected chi connectivity index (χ3v) is 5.00. The highest BCUT2D eigenvalue weighted by Gasteiger charge is 2.20. The average molecular weight is 426 g/mol. The molecule has 1 N–H and O–H groups in total. The number of carbonyl (C=O) groups is 1. The quantitative estimate of drug-likeness (QED) is 0.514. The second kappa shape index (κ2) is 9.26. The van der Waals surface area contributed by atoms with Crippen LogP contribution in [-0.4, -0.2) is 20.3 Å². The lowest BCUT2D eigenvalue weighted by Crippen LogP contribution is -2.46. The largest absolute Gasteiger partial charge is 0.352 e. The van der Waals surface area contributed by atoms with Crippen LogP contribution in [0, 0.1) is 6.92 Å². The van der Waals surface area contributed by atoms with E-state index in [9.17, 15) is 14.4 Å². The number of rotatable bonds is 6. The van der Waals surface area contributed by atoms with Gasteiger partial charge in [-0.2, -0.15) is 9.78 Å². The second-order valence-electron chi connectivity index (χ2n) is 7.43. The normalized spacial score (nSPS) is 10.7. The van der Waals surface area contributed by atoms with Crippen molar-refractivity contribution in [3.05, 3.63) is 128 Å². The maximum absolute atomic E-state index is 13.2. The van der Waals surface area contributed by atoms with E-state index in [0.29, 0.717) is 5.69 Å². The molecule has 0 aliphatic carbocycles. The van der Waals surface area contributed by atoms with Crippen molar-refractivity contribution >= 4 is 5.91 Å². The fourth-order valence-electron chi connectivity index (χ4n) is 3.35. The van der Waals surface area contributed by atoms with Crippen LogP contribution in [0.25, 0.3) is 5.69 Å². The van der Waals surface area contributed by atoms with Crippen molar-refractivity contribution < 1.29 is 4.79 Å². The van der Waals surface area contributed by atoms with E-state index in [1.54, 1.807) is 18.2 Å². The molecule has 4 aromatic rings. The van der Waals surface area contributed by atoms with E-state index < -0.39 is 17.2 Å². The van der Waals surface area contributed by atoms with Gasteiger partial charge in [0.1, 0.15) is 0 Å². The fraction of sp³-hybridized carbons (Fsp3) is 0.120. The molecule has 0 fully saturated rings. The fourth-order valence-corrected chi connectivity index (χ4v) is 3.35. The molecule has 4 rings (SSSR count). The van der Waals surface area contributed by atoms with Gasteiger partial charge in [-0.05, 0) is 35.7 Å². The molecule has 1 aromatic heterocycles. The number of nitrogens with one attached hydrogen (secondary N) is 1. The zero-order valence-corrected chi connectivity index (χ0v) is 17.6. The van der Waals surface area contributed by atoms with Crippen molar-refractivity contribution in [1.29, 1.82) is 0 Å². The number of nitrogens with zero attached hydrogens (tertiary/aromatic N) is 3. The minimum atomic E-state index is -0.728. The minimum absolute atomic E-state index is 0.0335. The van der Waals surface area contributed by atoms with Gasteiger partial charge in [0.05, 0.1) is 12.2 Å². The van der Waals surface area contributed by atoms with Gasteiger partial charge in [-0.25, -0.2) is 4.79 Å². The Bertz CT molecular complexity index is 1360. The Kier molecular flexibility index (Phi) is 6.07. The summed E-state index contributed by atoms with van der Waals surface area (Å²) in [6.07, 6.45) is 0. The summed E-state index contributed by atoms with van der Waals surface area (Å²) < 4.78 is 2.15. The standard InChI is InChI=1S/C25H22N4O3/c1-18-9-8-14-21(15-18)29-25(32)28(17-20-12-6-3-7-13-20)24(31)22(27-29)23(30)26-16-19-10-4-2-5-11-19/h2-15H,16-17H2,1H3,(H,26,30). The SMILES string of the molecule is Cc1cccc(-n2nc(C(=O)NCc3ccccc3)c(=O)n(Cc3ccccc3)c2=O)c1. The number of hydrogen-bond donors (Lipinski definition) is 1. The van der Waals surface area contributed by atoms with E-state index in [1.807, 2.05) is 73.7 Å². The van der Waals surface area contributed by atoms with Crippen LogP contribution in [0.5, 0.6) is 0 Å². The molecule has 0 saturated heterocycles. The Labute approximate surface area is 184 Å². The van der Waals surface area contributed by atoms with Crippen LogP contribution in [0.3, 0.4) is 0 Å². The van der Waals surface area contributed by atoms with Gasteiger partial charge in [-0.15, -0.1) is 0 Å². The van der Waals surface area contributed by atoms with Crippen LogP contribution in [0.15, 0.2) is 94.5 Å². The maximum atomic E-state index is 13.2. The summed E-state index contributed by atoms with van der Waals surface area (Å²) in [5.41, 5.74) is 1.39. The van der Waals surface area contributed by atoms with Gasteiger partial charge in [0, 0.05) is 6.54 Å². The second-order valence-corrected chi connectivity index (χ2v) is 7.43. The molecule has 7 heteroatoms. The summed E-state index contributed by atoms with van der Waals surface area (Å²) in [6.45, 7) is 2.16. The van der Waals surface area contributed by atoms with Crippen molar-refractivity contribution in [2.75, 3.05) is 0 Å². The maximum Gasteiger partial charge on any atom is 0.352 e.